The fourth-order valence-electron chi connectivity index (χ4n) is 2.17. The lowest BCUT2D eigenvalue weighted by Crippen LogP contribution is -2.37. The maximum atomic E-state index is 11.7. The molecule has 0 bridgehead atoms. The quantitative estimate of drug-likeness (QED) is 0.616. The van der Waals surface area contributed by atoms with E-state index in [4.69, 9.17) is 4.74 Å². The Morgan fingerprint density at radius 3 is 2.67 bits per heavy atom. The molecular weight excluding hydrogens is 194 g/mol. The van der Waals surface area contributed by atoms with Crippen LogP contribution in [0.4, 0.5) is 4.79 Å². The van der Waals surface area contributed by atoms with Crippen molar-refractivity contribution in [1.82, 2.24) is 4.90 Å². The minimum Gasteiger partial charge on any atom is -0.444 e. The summed E-state index contributed by atoms with van der Waals surface area (Å²) in [6.07, 6.45) is 1.65. The van der Waals surface area contributed by atoms with Crippen LogP contribution < -0.4 is 0 Å². The number of rotatable bonds is 1. The second-order valence-electron chi connectivity index (χ2n) is 5.61. The van der Waals surface area contributed by atoms with E-state index < -0.39 is 5.60 Å². The predicted molar refractivity (Wildman–Crippen MR) is 54.4 cm³/mol. The van der Waals surface area contributed by atoms with E-state index in [-0.39, 0.29) is 11.5 Å². The number of fused-ring (bicyclic) bond motifs is 1. The minimum absolute atomic E-state index is 0.225. The van der Waals surface area contributed by atoms with Gasteiger partial charge in [-0.25, -0.2) is 4.79 Å². The molecule has 0 N–H and O–H groups in total. The SMILES string of the molecule is CC(C)(C)OC(=O)N1C[C@@H]2C[C@@]2(C=O)C1. The average Bonchev–Trinajstić information content (AvgIpc) is 2.66. The van der Waals surface area contributed by atoms with Gasteiger partial charge in [0.15, 0.2) is 0 Å². The van der Waals surface area contributed by atoms with E-state index in [0.29, 0.717) is 19.0 Å². The molecule has 1 saturated carbocycles. The number of nitrogens with zero attached hydrogens (tertiary/aromatic N) is 1. The van der Waals surface area contributed by atoms with Gasteiger partial charge < -0.3 is 14.4 Å². The molecule has 1 saturated heterocycles. The van der Waals surface area contributed by atoms with Gasteiger partial charge in [0.1, 0.15) is 11.9 Å². The Hall–Kier alpha value is -1.06. The smallest absolute Gasteiger partial charge is 0.410 e. The molecular formula is C11H17NO3. The molecule has 0 aromatic heterocycles. The summed E-state index contributed by atoms with van der Waals surface area (Å²) in [6.45, 7) is 6.75. The van der Waals surface area contributed by atoms with E-state index in [1.54, 1.807) is 4.90 Å². The fraction of sp³-hybridized carbons (Fsp3) is 0.818. The highest BCUT2D eigenvalue weighted by atomic mass is 16.6. The first-order valence-corrected chi connectivity index (χ1v) is 5.31. The third-order valence-electron chi connectivity index (χ3n) is 3.09. The fourth-order valence-corrected chi connectivity index (χ4v) is 2.17. The van der Waals surface area contributed by atoms with Crippen molar-refractivity contribution in [2.45, 2.75) is 32.8 Å². The van der Waals surface area contributed by atoms with Crippen LogP contribution in [0, 0.1) is 11.3 Å². The Morgan fingerprint density at radius 2 is 2.20 bits per heavy atom. The first-order valence-electron chi connectivity index (χ1n) is 5.31. The monoisotopic (exact) mass is 211 g/mol. The van der Waals surface area contributed by atoms with Gasteiger partial charge in [-0.15, -0.1) is 0 Å². The molecule has 2 rings (SSSR count). The third-order valence-corrected chi connectivity index (χ3v) is 3.09. The van der Waals surface area contributed by atoms with Crippen molar-refractivity contribution in [3.8, 4) is 0 Å². The molecule has 0 aromatic carbocycles. The number of piperidine rings is 1. The average molecular weight is 211 g/mol. The molecule has 0 radical (unpaired) electrons. The van der Waals surface area contributed by atoms with Crippen LogP contribution >= 0.6 is 0 Å². The molecule has 2 atom stereocenters. The van der Waals surface area contributed by atoms with E-state index in [1.807, 2.05) is 20.8 Å². The Kier molecular flexibility index (Phi) is 2.07. The number of ether oxygens (including phenoxy) is 1. The maximum absolute atomic E-state index is 11.7. The van der Waals surface area contributed by atoms with Gasteiger partial charge in [0.2, 0.25) is 0 Å². The summed E-state index contributed by atoms with van der Waals surface area (Å²) in [4.78, 5) is 24.2. The number of aldehydes is 1. The molecule has 0 spiro atoms. The van der Waals surface area contributed by atoms with Crippen molar-refractivity contribution in [3.63, 3.8) is 0 Å². The van der Waals surface area contributed by atoms with Crippen LogP contribution in [0.25, 0.3) is 0 Å². The molecule has 15 heavy (non-hydrogen) atoms. The van der Waals surface area contributed by atoms with Crippen LogP contribution in [0.3, 0.4) is 0 Å². The van der Waals surface area contributed by atoms with Crippen LogP contribution in [-0.2, 0) is 9.53 Å². The number of amides is 1. The minimum atomic E-state index is -0.460. The van der Waals surface area contributed by atoms with Gasteiger partial charge in [-0.3, -0.25) is 0 Å². The molecule has 1 aliphatic carbocycles. The number of hydrogen-bond donors (Lipinski definition) is 0. The number of likely N-dealkylation sites (tertiary alicyclic amines) is 1. The lowest BCUT2D eigenvalue weighted by Gasteiger charge is -2.25. The zero-order chi connectivity index (χ0) is 11.3. The number of hydrogen-bond acceptors (Lipinski definition) is 3. The molecule has 2 fully saturated rings. The van der Waals surface area contributed by atoms with Crippen LogP contribution in [0.2, 0.25) is 0 Å². The Labute approximate surface area is 89.6 Å². The largest absolute Gasteiger partial charge is 0.444 e. The van der Waals surface area contributed by atoms with E-state index in [2.05, 4.69) is 0 Å². The Balaban J connectivity index is 1.92. The maximum Gasteiger partial charge on any atom is 0.410 e. The summed E-state index contributed by atoms with van der Waals surface area (Å²) in [7, 11) is 0. The normalized spacial score (nSPS) is 33.5. The summed E-state index contributed by atoms with van der Waals surface area (Å²) in [5.41, 5.74) is -0.685. The predicted octanol–water partition coefficient (Wildman–Crippen LogP) is 1.44. The zero-order valence-corrected chi connectivity index (χ0v) is 9.45. The lowest BCUT2D eigenvalue weighted by atomic mass is 10.1. The summed E-state index contributed by atoms with van der Waals surface area (Å²) in [6, 6.07) is 0. The van der Waals surface area contributed by atoms with Crippen LogP contribution in [0.1, 0.15) is 27.2 Å². The van der Waals surface area contributed by atoms with Gasteiger partial charge in [0.05, 0.1) is 0 Å². The van der Waals surface area contributed by atoms with Crippen molar-refractivity contribution in [3.05, 3.63) is 0 Å². The van der Waals surface area contributed by atoms with E-state index in [9.17, 15) is 9.59 Å². The Bertz CT molecular complexity index is 307. The molecule has 1 heterocycles. The Morgan fingerprint density at radius 1 is 1.53 bits per heavy atom. The second-order valence-corrected chi connectivity index (χ2v) is 5.61. The first kappa shape index (κ1) is 10.5. The summed E-state index contributed by atoms with van der Waals surface area (Å²) in [5, 5.41) is 0. The molecule has 1 amide bonds. The second kappa shape index (κ2) is 2.97. The standard InChI is InChI=1S/C11H17NO3/c1-10(2,3)15-9(14)12-5-8-4-11(8,6-12)7-13/h7-8H,4-6H2,1-3H3/t8-,11-/m0/s1. The van der Waals surface area contributed by atoms with Crippen molar-refractivity contribution < 1.29 is 14.3 Å². The van der Waals surface area contributed by atoms with E-state index in [1.165, 1.54) is 0 Å². The van der Waals surface area contributed by atoms with Crippen molar-refractivity contribution in [2.24, 2.45) is 11.3 Å². The van der Waals surface area contributed by atoms with Gasteiger partial charge in [0, 0.05) is 18.5 Å². The highest BCUT2D eigenvalue weighted by Gasteiger charge is 2.61. The van der Waals surface area contributed by atoms with Crippen molar-refractivity contribution in [2.75, 3.05) is 13.1 Å². The first-order chi connectivity index (χ1) is 6.86. The van der Waals surface area contributed by atoms with E-state index >= 15 is 0 Å². The van der Waals surface area contributed by atoms with Gasteiger partial charge in [-0.1, -0.05) is 0 Å². The molecule has 2 aliphatic rings. The molecule has 4 nitrogen and oxygen atoms in total. The summed E-state index contributed by atoms with van der Waals surface area (Å²) in [5.74, 6) is 0.377. The van der Waals surface area contributed by atoms with Gasteiger partial charge in [-0.05, 0) is 33.1 Å². The highest BCUT2D eigenvalue weighted by molar-refractivity contribution is 5.73. The molecule has 1 aliphatic heterocycles. The molecule has 84 valence electrons. The highest BCUT2D eigenvalue weighted by Crippen LogP contribution is 2.56. The molecule has 4 heteroatoms. The van der Waals surface area contributed by atoms with Gasteiger partial charge >= 0.3 is 6.09 Å². The van der Waals surface area contributed by atoms with Crippen molar-refractivity contribution >= 4 is 12.4 Å². The number of carbonyl (C=O) groups excluding carboxylic acids is 2. The van der Waals surface area contributed by atoms with Crippen LogP contribution in [0.5, 0.6) is 0 Å². The third kappa shape index (κ3) is 1.85. The van der Waals surface area contributed by atoms with Crippen molar-refractivity contribution in [1.29, 1.82) is 0 Å². The van der Waals surface area contributed by atoms with Crippen LogP contribution in [-0.4, -0.2) is 36.0 Å². The van der Waals surface area contributed by atoms with Crippen LogP contribution in [0.15, 0.2) is 0 Å². The van der Waals surface area contributed by atoms with Gasteiger partial charge in [0.25, 0.3) is 0 Å². The topological polar surface area (TPSA) is 46.6 Å². The van der Waals surface area contributed by atoms with Gasteiger partial charge in [-0.2, -0.15) is 0 Å². The lowest BCUT2D eigenvalue weighted by molar-refractivity contribution is -0.112. The summed E-state index contributed by atoms with van der Waals surface area (Å²) < 4.78 is 5.25. The molecule has 0 unspecified atom stereocenters. The molecule has 0 aromatic rings. The zero-order valence-electron chi connectivity index (χ0n) is 9.45. The summed E-state index contributed by atoms with van der Waals surface area (Å²) >= 11 is 0. The van der Waals surface area contributed by atoms with E-state index in [0.717, 1.165) is 12.7 Å². The number of carbonyl (C=O) groups is 2.